The Labute approximate surface area is 151 Å². The van der Waals surface area contributed by atoms with Crippen molar-refractivity contribution >= 4 is 23.5 Å². The van der Waals surface area contributed by atoms with E-state index in [0.717, 1.165) is 18.4 Å². The molecule has 1 fully saturated rings. The summed E-state index contributed by atoms with van der Waals surface area (Å²) < 4.78 is 5.23. The zero-order valence-corrected chi connectivity index (χ0v) is 14.5. The molecule has 26 heavy (non-hydrogen) atoms. The van der Waals surface area contributed by atoms with Crippen LogP contribution in [-0.4, -0.2) is 31.4 Å². The largest absolute Gasteiger partial charge is 0.455 e. The molecule has 0 atom stereocenters. The molecular weight excluding hydrogens is 332 g/mol. The summed E-state index contributed by atoms with van der Waals surface area (Å²) >= 11 is 0. The van der Waals surface area contributed by atoms with Gasteiger partial charge in [-0.25, -0.2) is 0 Å². The predicted molar refractivity (Wildman–Crippen MR) is 96.8 cm³/mol. The lowest BCUT2D eigenvalue weighted by Gasteiger charge is -2.14. The molecule has 2 aromatic carbocycles. The maximum Gasteiger partial charge on any atom is 0.317 e. The molecule has 0 spiro atoms. The Kier molecular flexibility index (Phi) is 5.02. The fraction of sp³-hybridized carbons (Fsp3) is 0.250. The molecule has 2 N–H and O–H groups in total. The van der Waals surface area contributed by atoms with Gasteiger partial charge in [0.25, 0.3) is 11.8 Å². The van der Waals surface area contributed by atoms with Gasteiger partial charge in [0, 0.05) is 18.3 Å². The van der Waals surface area contributed by atoms with Gasteiger partial charge in [-0.1, -0.05) is 36.4 Å². The zero-order chi connectivity index (χ0) is 18.6. The van der Waals surface area contributed by atoms with E-state index in [-0.39, 0.29) is 18.5 Å². The summed E-state index contributed by atoms with van der Waals surface area (Å²) in [5, 5.41) is 5.15. The molecule has 1 aliphatic rings. The molecule has 0 aliphatic heterocycles. The van der Waals surface area contributed by atoms with E-state index in [1.54, 1.807) is 24.3 Å². The smallest absolute Gasteiger partial charge is 0.317 e. The number of ether oxygens (including phenoxy) is 1. The van der Waals surface area contributed by atoms with Crippen LogP contribution in [0.25, 0.3) is 0 Å². The predicted octanol–water partition coefficient (Wildman–Crippen LogP) is 2.26. The number of hydrogen-bond donors (Lipinski definition) is 2. The minimum absolute atomic E-state index is 0.244. The van der Waals surface area contributed by atoms with Gasteiger partial charge < -0.3 is 15.4 Å². The molecule has 0 saturated heterocycles. The first-order valence-electron chi connectivity index (χ1n) is 8.40. The number of nitrogens with one attached hydrogen (secondary N) is 2. The topological polar surface area (TPSA) is 84.5 Å². The second-order valence-corrected chi connectivity index (χ2v) is 6.23. The van der Waals surface area contributed by atoms with Gasteiger partial charge in [-0.2, -0.15) is 0 Å². The number of amides is 2. The van der Waals surface area contributed by atoms with Crippen LogP contribution >= 0.6 is 0 Å². The van der Waals surface area contributed by atoms with Crippen molar-refractivity contribution < 1.29 is 19.1 Å². The third-order valence-electron chi connectivity index (χ3n) is 4.44. The molecule has 0 aromatic heterocycles. The molecule has 2 amide bonds. The lowest BCUT2D eigenvalue weighted by Crippen LogP contribution is -2.28. The van der Waals surface area contributed by atoms with Crippen LogP contribution in [0.1, 0.15) is 28.8 Å². The SMILES string of the molecule is CNC(=O)c1cccc(NC(=O)COC(=O)C2(c3ccccc3)CC2)c1. The summed E-state index contributed by atoms with van der Waals surface area (Å²) in [6.07, 6.45) is 1.46. The van der Waals surface area contributed by atoms with E-state index in [0.29, 0.717) is 11.3 Å². The molecule has 6 heteroatoms. The maximum absolute atomic E-state index is 12.4. The number of rotatable bonds is 6. The van der Waals surface area contributed by atoms with Crippen LogP contribution in [0.4, 0.5) is 5.69 Å². The van der Waals surface area contributed by atoms with E-state index in [1.165, 1.54) is 7.05 Å². The molecule has 3 rings (SSSR count). The minimum atomic E-state index is -0.610. The van der Waals surface area contributed by atoms with Crippen LogP contribution in [0.3, 0.4) is 0 Å². The second-order valence-electron chi connectivity index (χ2n) is 6.23. The summed E-state index contributed by atoms with van der Waals surface area (Å²) in [6, 6.07) is 16.0. The number of hydrogen-bond acceptors (Lipinski definition) is 4. The Balaban J connectivity index is 1.56. The second kappa shape index (κ2) is 7.39. The zero-order valence-electron chi connectivity index (χ0n) is 14.5. The van der Waals surface area contributed by atoms with Gasteiger partial charge in [-0.3, -0.25) is 14.4 Å². The quantitative estimate of drug-likeness (QED) is 0.781. The molecule has 0 unspecified atom stereocenters. The Morgan fingerprint density at radius 2 is 1.77 bits per heavy atom. The van der Waals surface area contributed by atoms with Crippen LogP contribution < -0.4 is 10.6 Å². The van der Waals surface area contributed by atoms with Gasteiger partial charge in [-0.05, 0) is 36.6 Å². The molecule has 6 nitrogen and oxygen atoms in total. The average Bonchev–Trinajstić information content (AvgIpc) is 3.48. The van der Waals surface area contributed by atoms with Crippen molar-refractivity contribution in [2.24, 2.45) is 0 Å². The normalized spacial score (nSPS) is 14.2. The number of benzene rings is 2. The van der Waals surface area contributed by atoms with Gasteiger partial charge in [0.2, 0.25) is 0 Å². The van der Waals surface area contributed by atoms with E-state index in [2.05, 4.69) is 10.6 Å². The highest BCUT2D eigenvalue weighted by Gasteiger charge is 2.52. The highest BCUT2D eigenvalue weighted by molar-refractivity contribution is 5.98. The van der Waals surface area contributed by atoms with E-state index >= 15 is 0 Å². The summed E-state index contributed by atoms with van der Waals surface area (Å²) in [4.78, 5) is 36.1. The molecular formula is C20H20N2O4. The first-order chi connectivity index (χ1) is 12.5. The van der Waals surface area contributed by atoms with Gasteiger partial charge >= 0.3 is 5.97 Å². The fourth-order valence-electron chi connectivity index (χ4n) is 2.84. The van der Waals surface area contributed by atoms with Crippen molar-refractivity contribution in [3.63, 3.8) is 0 Å². The van der Waals surface area contributed by atoms with Crippen molar-refractivity contribution in [3.05, 3.63) is 65.7 Å². The van der Waals surface area contributed by atoms with Crippen LogP contribution in [0, 0.1) is 0 Å². The van der Waals surface area contributed by atoms with Crippen molar-refractivity contribution in [3.8, 4) is 0 Å². The number of esters is 1. The minimum Gasteiger partial charge on any atom is -0.455 e. The lowest BCUT2D eigenvalue weighted by molar-refractivity contribution is -0.150. The van der Waals surface area contributed by atoms with E-state index in [1.807, 2.05) is 30.3 Å². The summed E-state index contributed by atoms with van der Waals surface area (Å²) in [6.45, 7) is -0.363. The number of carbonyl (C=O) groups is 3. The maximum atomic E-state index is 12.4. The Bertz CT molecular complexity index is 829. The van der Waals surface area contributed by atoms with Crippen molar-refractivity contribution in [1.82, 2.24) is 5.32 Å². The third-order valence-corrected chi connectivity index (χ3v) is 4.44. The molecule has 134 valence electrons. The first-order valence-corrected chi connectivity index (χ1v) is 8.40. The standard InChI is InChI=1S/C20H20N2O4/c1-21-18(24)14-6-5-9-16(12-14)22-17(23)13-26-19(25)20(10-11-20)15-7-3-2-4-8-15/h2-9,12H,10-11,13H2,1H3,(H,21,24)(H,22,23). The van der Waals surface area contributed by atoms with Crippen LogP contribution in [0.5, 0.6) is 0 Å². The highest BCUT2D eigenvalue weighted by Crippen LogP contribution is 2.49. The first kappa shape index (κ1) is 17.7. The van der Waals surface area contributed by atoms with Gasteiger partial charge in [0.1, 0.15) is 0 Å². The Morgan fingerprint density at radius 1 is 1.04 bits per heavy atom. The van der Waals surface area contributed by atoms with Gasteiger partial charge in [0.05, 0.1) is 5.41 Å². The molecule has 2 aromatic rings. The Hall–Kier alpha value is -3.15. The van der Waals surface area contributed by atoms with E-state index < -0.39 is 11.3 Å². The Morgan fingerprint density at radius 3 is 2.42 bits per heavy atom. The van der Waals surface area contributed by atoms with Gasteiger partial charge in [0.15, 0.2) is 6.61 Å². The van der Waals surface area contributed by atoms with Crippen molar-refractivity contribution in [1.29, 1.82) is 0 Å². The molecule has 1 saturated carbocycles. The third kappa shape index (κ3) is 3.74. The fourth-order valence-corrected chi connectivity index (χ4v) is 2.84. The summed E-state index contributed by atoms with van der Waals surface area (Å²) in [7, 11) is 1.54. The average molecular weight is 352 g/mol. The van der Waals surface area contributed by atoms with Crippen molar-refractivity contribution in [2.75, 3.05) is 19.0 Å². The molecule has 0 bridgehead atoms. The van der Waals surface area contributed by atoms with Crippen LogP contribution in [0.2, 0.25) is 0 Å². The van der Waals surface area contributed by atoms with Gasteiger partial charge in [-0.15, -0.1) is 0 Å². The van der Waals surface area contributed by atoms with E-state index in [4.69, 9.17) is 4.74 Å². The molecule has 1 aliphatic carbocycles. The van der Waals surface area contributed by atoms with Crippen molar-refractivity contribution in [2.45, 2.75) is 18.3 Å². The lowest BCUT2D eigenvalue weighted by atomic mass is 9.96. The van der Waals surface area contributed by atoms with E-state index in [9.17, 15) is 14.4 Å². The summed E-state index contributed by atoms with van der Waals surface area (Å²) in [5.41, 5.74) is 1.21. The highest BCUT2D eigenvalue weighted by atomic mass is 16.5. The van der Waals surface area contributed by atoms with Crippen LogP contribution in [0.15, 0.2) is 54.6 Å². The molecule has 0 heterocycles. The molecule has 0 radical (unpaired) electrons. The number of anilines is 1. The number of carbonyl (C=O) groups excluding carboxylic acids is 3. The monoisotopic (exact) mass is 352 g/mol. The summed E-state index contributed by atoms with van der Waals surface area (Å²) in [5.74, 6) is -1.07. The van der Waals surface area contributed by atoms with Crippen LogP contribution in [-0.2, 0) is 19.7 Å².